The van der Waals surface area contributed by atoms with Gasteiger partial charge in [0, 0.05) is 26.3 Å². The predicted molar refractivity (Wildman–Crippen MR) is 93.8 cm³/mol. The molecule has 0 atom stereocenters. The lowest BCUT2D eigenvalue weighted by Gasteiger charge is -2.28. The van der Waals surface area contributed by atoms with E-state index in [9.17, 15) is 14.4 Å². The van der Waals surface area contributed by atoms with Gasteiger partial charge in [0.05, 0.1) is 18.2 Å². The van der Waals surface area contributed by atoms with Crippen molar-refractivity contribution in [1.82, 2.24) is 20.5 Å². The number of hydrogen-bond acceptors (Lipinski definition) is 4. The fraction of sp³-hybridized carbons (Fsp3) is 0.278. The highest BCUT2D eigenvalue weighted by atomic mass is 16.2. The van der Waals surface area contributed by atoms with Gasteiger partial charge in [-0.2, -0.15) is 0 Å². The van der Waals surface area contributed by atoms with Crippen molar-refractivity contribution in [2.75, 3.05) is 20.1 Å². The van der Waals surface area contributed by atoms with Crippen LogP contribution in [0.15, 0.2) is 47.4 Å². The van der Waals surface area contributed by atoms with Crippen molar-refractivity contribution in [2.24, 2.45) is 0 Å². The Kier molecular flexibility index (Phi) is 4.95. The Bertz CT molecular complexity index is 841. The number of amides is 2. The number of hydrogen-bond donors (Lipinski definition) is 3. The van der Waals surface area contributed by atoms with E-state index in [2.05, 4.69) is 16.0 Å². The highest BCUT2D eigenvalue weighted by Gasteiger charge is 2.22. The van der Waals surface area contributed by atoms with Gasteiger partial charge in [-0.15, -0.1) is 0 Å². The molecule has 130 valence electrons. The summed E-state index contributed by atoms with van der Waals surface area (Å²) in [5.41, 5.74) is 0.733. The van der Waals surface area contributed by atoms with E-state index in [0.717, 1.165) is 18.7 Å². The molecule has 0 bridgehead atoms. The summed E-state index contributed by atoms with van der Waals surface area (Å²) in [5, 5.41) is 8.40. The van der Waals surface area contributed by atoms with Crippen molar-refractivity contribution in [1.29, 1.82) is 0 Å². The Morgan fingerprint density at radius 1 is 1.20 bits per heavy atom. The number of nitrogens with zero attached hydrogens (tertiary/aromatic N) is 1. The van der Waals surface area contributed by atoms with E-state index in [-0.39, 0.29) is 24.1 Å². The van der Waals surface area contributed by atoms with Gasteiger partial charge < -0.3 is 20.5 Å². The molecule has 2 heterocycles. The molecule has 7 heteroatoms. The standard InChI is InChI=1S/C18H20N4O3/c1-19-17(24)15-7-13(16(23)21-14-8-20-9-14)11-22(18(15)25)10-12-5-3-2-4-6-12/h2-7,11,14,20H,8-10H2,1H3,(H,19,24)(H,21,23). The number of rotatable bonds is 5. The third-order valence-electron chi connectivity index (χ3n) is 4.13. The van der Waals surface area contributed by atoms with E-state index >= 15 is 0 Å². The first-order chi connectivity index (χ1) is 12.1. The summed E-state index contributed by atoms with van der Waals surface area (Å²) in [4.78, 5) is 37.1. The average Bonchev–Trinajstić information content (AvgIpc) is 2.60. The average molecular weight is 340 g/mol. The zero-order valence-corrected chi connectivity index (χ0v) is 13.9. The maximum Gasteiger partial charge on any atom is 0.263 e. The molecule has 7 nitrogen and oxygen atoms in total. The van der Waals surface area contributed by atoms with E-state index in [4.69, 9.17) is 0 Å². The van der Waals surface area contributed by atoms with E-state index < -0.39 is 11.5 Å². The van der Waals surface area contributed by atoms with Gasteiger partial charge in [-0.05, 0) is 11.6 Å². The number of carbonyl (C=O) groups excluding carboxylic acids is 2. The molecule has 1 aromatic heterocycles. The lowest BCUT2D eigenvalue weighted by molar-refractivity contribution is 0.0923. The van der Waals surface area contributed by atoms with Gasteiger partial charge in [0.2, 0.25) is 0 Å². The summed E-state index contributed by atoms with van der Waals surface area (Å²) in [6.07, 6.45) is 1.50. The van der Waals surface area contributed by atoms with E-state index in [1.54, 1.807) is 0 Å². The van der Waals surface area contributed by atoms with Crippen molar-refractivity contribution < 1.29 is 9.59 Å². The molecule has 25 heavy (non-hydrogen) atoms. The summed E-state index contributed by atoms with van der Waals surface area (Å²) < 4.78 is 1.40. The lowest BCUT2D eigenvalue weighted by Crippen LogP contribution is -2.57. The van der Waals surface area contributed by atoms with Gasteiger partial charge >= 0.3 is 0 Å². The molecule has 1 aliphatic heterocycles. The smallest absolute Gasteiger partial charge is 0.263 e. The van der Waals surface area contributed by atoms with Crippen LogP contribution in [0.5, 0.6) is 0 Å². The Balaban J connectivity index is 1.97. The summed E-state index contributed by atoms with van der Waals surface area (Å²) in [7, 11) is 1.45. The Labute approximate surface area is 145 Å². The van der Waals surface area contributed by atoms with Gasteiger partial charge in [0.1, 0.15) is 5.56 Å². The number of nitrogens with one attached hydrogen (secondary N) is 3. The molecule has 0 radical (unpaired) electrons. The topological polar surface area (TPSA) is 92.2 Å². The molecule has 3 N–H and O–H groups in total. The summed E-state index contributed by atoms with van der Waals surface area (Å²) in [5.74, 6) is -0.801. The lowest BCUT2D eigenvalue weighted by atomic mass is 10.1. The molecule has 0 unspecified atom stereocenters. The van der Waals surface area contributed by atoms with Crippen LogP contribution < -0.4 is 21.5 Å². The Morgan fingerprint density at radius 3 is 2.52 bits per heavy atom. The molecule has 2 aromatic rings. The summed E-state index contributed by atoms with van der Waals surface area (Å²) >= 11 is 0. The highest BCUT2D eigenvalue weighted by Crippen LogP contribution is 2.06. The third kappa shape index (κ3) is 3.77. The van der Waals surface area contributed by atoms with Crippen LogP contribution in [-0.2, 0) is 6.54 Å². The number of pyridine rings is 1. The minimum absolute atomic E-state index is 0.0437. The van der Waals surface area contributed by atoms with Crippen molar-refractivity contribution >= 4 is 11.8 Å². The minimum Gasteiger partial charge on any atom is -0.355 e. The molecule has 0 aliphatic carbocycles. The first kappa shape index (κ1) is 16.9. The van der Waals surface area contributed by atoms with Gasteiger partial charge in [-0.1, -0.05) is 30.3 Å². The van der Waals surface area contributed by atoms with Gasteiger partial charge in [0.15, 0.2) is 0 Å². The van der Waals surface area contributed by atoms with Crippen molar-refractivity contribution in [3.8, 4) is 0 Å². The van der Waals surface area contributed by atoms with Crippen LogP contribution >= 0.6 is 0 Å². The van der Waals surface area contributed by atoms with Crippen molar-refractivity contribution in [2.45, 2.75) is 12.6 Å². The van der Waals surface area contributed by atoms with Gasteiger partial charge in [0.25, 0.3) is 17.4 Å². The monoisotopic (exact) mass is 340 g/mol. The van der Waals surface area contributed by atoms with Crippen molar-refractivity contribution in [3.63, 3.8) is 0 Å². The first-order valence-electron chi connectivity index (χ1n) is 8.10. The second kappa shape index (κ2) is 7.31. The molecule has 1 aliphatic rings. The molecule has 3 rings (SSSR count). The van der Waals surface area contributed by atoms with Gasteiger partial charge in [-0.3, -0.25) is 14.4 Å². The molecule has 2 amide bonds. The molecule has 1 aromatic carbocycles. The predicted octanol–water partition coefficient (Wildman–Crippen LogP) is -0.0422. The van der Waals surface area contributed by atoms with Crippen LogP contribution in [0.1, 0.15) is 26.3 Å². The first-order valence-corrected chi connectivity index (χ1v) is 8.10. The van der Waals surface area contributed by atoms with Crippen LogP contribution in [0.25, 0.3) is 0 Å². The molecular weight excluding hydrogens is 320 g/mol. The fourth-order valence-electron chi connectivity index (χ4n) is 2.61. The zero-order chi connectivity index (χ0) is 17.8. The maximum absolute atomic E-state index is 12.6. The zero-order valence-electron chi connectivity index (χ0n) is 13.9. The normalized spacial score (nSPS) is 13.8. The molecule has 1 fully saturated rings. The number of aromatic nitrogens is 1. The molecular formula is C18H20N4O3. The Morgan fingerprint density at radius 2 is 1.92 bits per heavy atom. The SMILES string of the molecule is CNC(=O)c1cc(C(=O)NC2CNC2)cn(Cc2ccccc2)c1=O. The van der Waals surface area contributed by atoms with E-state index in [1.807, 2.05) is 30.3 Å². The molecule has 0 saturated carbocycles. The third-order valence-corrected chi connectivity index (χ3v) is 4.13. The second-order valence-corrected chi connectivity index (χ2v) is 5.97. The molecule has 0 spiro atoms. The van der Waals surface area contributed by atoms with Gasteiger partial charge in [-0.25, -0.2) is 0 Å². The van der Waals surface area contributed by atoms with Crippen LogP contribution in [-0.4, -0.2) is 42.6 Å². The van der Waals surface area contributed by atoms with Crippen molar-refractivity contribution in [3.05, 3.63) is 69.6 Å². The maximum atomic E-state index is 12.6. The van der Waals surface area contributed by atoms with Crippen LogP contribution in [0.3, 0.4) is 0 Å². The number of carbonyl (C=O) groups is 2. The van der Waals surface area contributed by atoms with Crippen LogP contribution in [0, 0.1) is 0 Å². The number of benzene rings is 1. The minimum atomic E-state index is -0.508. The second-order valence-electron chi connectivity index (χ2n) is 5.97. The summed E-state index contributed by atoms with van der Waals surface area (Å²) in [6.45, 7) is 1.73. The fourth-order valence-corrected chi connectivity index (χ4v) is 2.61. The van der Waals surface area contributed by atoms with E-state index in [0.29, 0.717) is 5.56 Å². The Hall–Kier alpha value is -2.93. The summed E-state index contributed by atoms with van der Waals surface area (Å²) in [6, 6.07) is 10.8. The van der Waals surface area contributed by atoms with Crippen LogP contribution in [0.2, 0.25) is 0 Å². The van der Waals surface area contributed by atoms with Crippen LogP contribution in [0.4, 0.5) is 0 Å². The largest absolute Gasteiger partial charge is 0.355 e. The molecule has 1 saturated heterocycles. The highest BCUT2D eigenvalue weighted by molar-refractivity contribution is 5.99. The quantitative estimate of drug-likeness (QED) is 0.712. The van der Waals surface area contributed by atoms with E-state index in [1.165, 1.54) is 23.9 Å².